The van der Waals surface area contributed by atoms with Crippen molar-refractivity contribution in [2.75, 3.05) is 21.3 Å². The van der Waals surface area contributed by atoms with Gasteiger partial charge in [-0.15, -0.1) is 10.2 Å². The van der Waals surface area contributed by atoms with E-state index in [1.807, 2.05) is 18.2 Å². The van der Waals surface area contributed by atoms with Crippen LogP contribution in [0.2, 0.25) is 0 Å². The van der Waals surface area contributed by atoms with Crippen LogP contribution in [-0.2, 0) is 24.3 Å². The third kappa shape index (κ3) is 4.13. The lowest BCUT2D eigenvalue weighted by atomic mass is 10.1. The number of aromatic nitrogens is 6. The molecule has 0 amide bonds. The fraction of sp³-hybridized carbons (Fsp3) is 0.240. The Morgan fingerprint density at radius 2 is 1.72 bits per heavy atom. The Bertz CT molecular complexity index is 1610. The van der Waals surface area contributed by atoms with Gasteiger partial charge in [0.05, 0.1) is 32.1 Å². The van der Waals surface area contributed by atoms with Crippen LogP contribution in [-0.4, -0.2) is 50.7 Å². The van der Waals surface area contributed by atoms with Crippen molar-refractivity contribution in [3.8, 4) is 22.6 Å². The van der Waals surface area contributed by atoms with Crippen LogP contribution in [0.25, 0.3) is 27.9 Å². The number of halogens is 1. The highest BCUT2D eigenvalue weighted by Crippen LogP contribution is 2.29. The molecule has 0 fully saturated rings. The Balaban J connectivity index is 1.53. The molecule has 0 radical (unpaired) electrons. The van der Waals surface area contributed by atoms with E-state index < -0.39 is 0 Å². The van der Waals surface area contributed by atoms with E-state index in [1.165, 1.54) is 27.5 Å². The second-order valence-corrected chi connectivity index (χ2v) is 8.05. The molecule has 3 heterocycles. The average Bonchev–Trinajstić information content (AvgIpc) is 3.27. The van der Waals surface area contributed by atoms with Crippen LogP contribution in [0.5, 0.6) is 11.5 Å². The maximum atomic E-state index is 13.5. The summed E-state index contributed by atoms with van der Waals surface area (Å²) in [7, 11) is 4.71. The lowest BCUT2D eigenvalue weighted by molar-refractivity contribution is 0.181. The molecule has 3 aromatic heterocycles. The minimum atomic E-state index is -0.352. The smallest absolute Gasteiger partial charge is 0.283 e. The number of benzene rings is 2. The average molecular weight is 490 g/mol. The highest BCUT2D eigenvalue weighted by Gasteiger charge is 2.20. The van der Waals surface area contributed by atoms with Gasteiger partial charge in [-0.1, -0.05) is 18.2 Å². The first kappa shape index (κ1) is 23.4. The lowest BCUT2D eigenvalue weighted by Crippen LogP contribution is -2.24. The van der Waals surface area contributed by atoms with E-state index >= 15 is 0 Å². The van der Waals surface area contributed by atoms with E-state index in [4.69, 9.17) is 14.2 Å². The van der Waals surface area contributed by atoms with Crippen molar-refractivity contribution in [2.45, 2.75) is 19.6 Å². The van der Waals surface area contributed by atoms with Gasteiger partial charge >= 0.3 is 0 Å². The van der Waals surface area contributed by atoms with Gasteiger partial charge in [0.1, 0.15) is 12.1 Å². The summed E-state index contributed by atoms with van der Waals surface area (Å²) in [5.74, 6) is 0.905. The Labute approximate surface area is 204 Å². The Morgan fingerprint density at radius 1 is 0.944 bits per heavy atom. The summed E-state index contributed by atoms with van der Waals surface area (Å²) in [6, 6.07) is 11.6. The Hall–Kier alpha value is -4.38. The summed E-state index contributed by atoms with van der Waals surface area (Å²) in [6.07, 6.45) is 2.04. The molecule has 0 aliphatic rings. The molecule has 10 nitrogen and oxygen atoms in total. The molecule has 5 rings (SSSR count). The minimum absolute atomic E-state index is 0.0921. The topological polar surface area (TPSA) is 106 Å². The molecule has 36 heavy (non-hydrogen) atoms. The van der Waals surface area contributed by atoms with Crippen LogP contribution in [0.4, 0.5) is 4.39 Å². The predicted molar refractivity (Wildman–Crippen MR) is 130 cm³/mol. The minimum Gasteiger partial charge on any atom is -0.493 e. The number of hydrogen-bond acceptors (Lipinski definition) is 8. The number of nitrogens with zero attached hydrogens (tertiary/aromatic N) is 6. The molecule has 2 aromatic carbocycles. The van der Waals surface area contributed by atoms with Crippen molar-refractivity contribution >= 4 is 16.8 Å². The van der Waals surface area contributed by atoms with E-state index in [1.54, 1.807) is 33.5 Å². The molecule has 184 valence electrons. The summed E-state index contributed by atoms with van der Waals surface area (Å²) in [5, 5.41) is 13.1. The lowest BCUT2D eigenvalue weighted by Gasteiger charge is -2.10. The third-order valence-electron chi connectivity index (χ3n) is 5.88. The molecule has 0 unspecified atom stereocenters. The van der Waals surface area contributed by atoms with Gasteiger partial charge in [-0.05, 0) is 41.8 Å². The number of aryl methyl sites for hydroxylation is 2. The van der Waals surface area contributed by atoms with Gasteiger partial charge in [-0.3, -0.25) is 9.36 Å². The Morgan fingerprint density at radius 3 is 2.44 bits per heavy atom. The molecule has 0 bridgehead atoms. The third-order valence-corrected chi connectivity index (χ3v) is 5.88. The first-order valence-electron chi connectivity index (χ1n) is 11.1. The summed E-state index contributed by atoms with van der Waals surface area (Å²) in [5.41, 5.74) is 3.33. The van der Waals surface area contributed by atoms with Gasteiger partial charge in [0, 0.05) is 13.7 Å². The Kier molecular flexibility index (Phi) is 6.30. The normalized spacial score (nSPS) is 11.3. The molecule has 0 saturated heterocycles. The maximum Gasteiger partial charge on any atom is 0.283 e. The van der Waals surface area contributed by atoms with E-state index in [9.17, 15) is 9.18 Å². The van der Waals surface area contributed by atoms with Crippen molar-refractivity contribution in [3.05, 3.63) is 76.2 Å². The molecular formula is C25H23FN6O4. The van der Waals surface area contributed by atoms with E-state index in [-0.39, 0.29) is 29.1 Å². The highest BCUT2D eigenvalue weighted by atomic mass is 19.1. The van der Waals surface area contributed by atoms with Crippen molar-refractivity contribution in [3.63, 3.8) is 0 Å². The molecule has 0 saturated carbocycles. The summed E-state index contributed by atoms with van der Waals surface area (Å²) in [6.45, 7) is 0.575. The quantitative estimate of drug-likeness (QED) is 0.327. The van der Waals surface area contributed by atoms with Crippen molar-refractivity contribution in [1.29, 1.82) is 0 Å². The van der Waals surface area contributed by atoms with E-state index in [2.05, 4.69) is 20.3 Å². The summed E-state index contributed by atoms with van der Waals surface area (Å²) < 4.78 is 32.4. The molecular weight excluding hydrogens is 467 g/mol. The molecule has 0 N–H and O–H groups in total. The van der Waals surface area contributed by atoms with Crippen molar-refractivity contribution in [2.24, 2.45) is 0 Å². The number of methoxy groups -OCH3 is 3. The van der Waals surface area contributed by atoms with Crippen LogP contribution in [0.3, 0.4) is 0 Å². The van der Waals surface area contributed by atoms with Gasteiger partial charge in [0.15, 0.2) is 28.3 Å². The van der Waals surface area contributed by atoms with Crippen molar-refractivity contribution in [1.82, 2.24) is 29.4 Å². The molecule has 0 atom stereocenters. The van der Waals surface area contributed by atoms with Gasteiger partial charge in [-0.25, -0.2) is 9.37 Å². The first-order chi connectivity index (χ1) is 17.5. The van der Waals surface area contributed by atoms with Crippen LogP contribution in [0.15, 0.2) is 53.6 Å². The molecule has 0 aliphatic carbocycles. The second kappa shape index (κ2) is 9.70. The fourth-order valence-corrected chi connectivity index (χ4v) is 4.10. The number of rotatable bonds is 8. The zero-order chi connectivity index (χ0) is 25.2. The maximum absolute atomic E-state index is 13.5. The van der Waals surface area contributed by atoms with Crippen LogP contribution >= 0.6 is 0 Å². The highest BCUT2D eigenvalue weighted by molar-refractivity contribution is 5.83. The SMILES string of the molecule is COCc1nn2c(nnc3c(=O)n(CCc4ccc(OC)c(OC)c4)cnc32)c1-c1ccc(F)cc1. The van der Waals surface area contributed by atoms with Gasteiger partial charge in [0.25, 0.3) is 5.56 Å². The zero-order valence-corrected chi connectivity index (χ0v) is 19.9. The summed E-state index contributed by atoms with van der Waals surface area (Å²) in [4.78, 5) is 17.7. The van der Waals surface area contributed by atoms with Gasteiger partial charge < -0.3 is 14.2 Å². The number of ether oxygens (including phenoxy) is 3. The van der Waals surface area contributed by atoms with Crippen molar-refractivity contribution < 1.29 is 18.6 Å². The van der Waals surface area contributed by atoms with Gasteiger partial charge in [-0.2, -0.15) is 9.61 Å². The molecule has 0 spiro atoms. The molecule has 0 aliphatic heterocycles. The standard InChI is InChI=1S/C25H23FN6O4/c1-34-13-18-21(16-5-7-17(26)8-6-16)23-29-28-22-24(32(23)30-18)27-14-31(25(22)33)11-10-15-4-9-19(35-2)20(12-15)36-3/h4-9,12,14H,10-11,13H2,1-3H3. The van der Waals surface area contributed by atoms with Gasteiger partial charge in [0.2, 0.25) is 0 Å². The van der Waals surface area contributed by atoms with Crippen LogP contribution < -0.4 is 15.0 Å². The van der Waals surface area contributed by atoms with Crippen LogP contribution in [0, 0.1) is 5.82 Å². The van der Waals surface area contributed by atoms with E-state index in [0.29, 0.717) is 46.9 Å². The summed E-state index contributed by atoms with van der Waals surface area (Å²) >= 11 is 0. The first-order valence-corrected chi connectivity index (χ1v) is 11.1. The fourth-order valence-electron chi connectivity index (χ4n) is 4.10. The van der Waals surface area contributed by atoms with E-state index in [0.717, 1.165) is 5.56 Å². The second-order valence-electron chi connectivity index (χ2n) is 8.05. The molecule has 11 heteroatoms. The largest absolute Gasteiger partial charge is 0.493 e. The zero-order valence-electron chi connectivity index (χ0n) is 19.9. The molecule has 5 aromatic rings. The number of hydrogen-bond donors (Lipinski definition) is 0. The predicted octanol–water partition coefficient (Wildman–Crippen LogP) is 3.05. The number of fused-ring (bicyclic) bond motifs is 3. The monoisotopic (exact) mass is 490 g/mol. The van der Waals surface area contributed by atoms with Crippen LogP contribution in [0.1, 0.15) is 11.3 Å².